The molecule has 1 unspecified atom stereocenters. The number of aromatic nitrogens is 1. The Morgan fingerprint density at radius 2 is 2.42 bits per heavy atom. The van der Waals surface area contributed by atoms with Crippen molar-refractivity contribution in [3.05, 3.63) is 23.5 Å². The van der Waals surface area contributed by atoms with Gasteiger partial charge in [-0.05, 0) is 24.8 Å². The summed E-state index contributed by atoms with van der Waals surface area (Å²) in [5.41, 5.74) is 6.99. The van der Waals surface area contributed by atoms with Crippen molar-refractivity contribution in [3.8, 4) is 0 Å². The van der Waals surface area contributed by atoms with Gasteiger partial charge in [0, 0.05) is 24.5 Å². The molecular formula is C9H14N2O. The lowest BCUT2D eigenvalue weighted by atomic mass is 9.82. The Morgan fingerprint density at radius 3 is 3.17 bits per heavy atom. The zero-order chi connectivity index (χ0) is 8.60. The quantitative estimate of drug-likeness (QED) is 0.569. The highest BCUT2D eigenvalue weighted by molar-refractivity contribution is 5.32. The summed E-state index contributed by atoms with van der Waals surface area (Å²) in [4.78, 5) is 3.01. The lowest BCUT2D eigenvalue weighted by Gasteiger charge is -2.30. The van der Waals surface area contributed by atoms with Crippen LogP contribution in [0.4, 0.5) is 0 Å². The van der Waals surface area contributed by atoms with Gasteiger partial charge in [0.05, 0.1) is 0 Å². The molecule has 0 aliphatic heterocycles. The molecule has 1 aliphatic carbocycles. The van der Waals surface area contributed by atoms with E-state index in [1.54, 1.807) is 0 Å². The Labute approximate surface area is 71.6 Å². The molecule has 12 heavy (non-hydrogen) atoms. The molecule has 0 spiro atoms. The normalized spacial score (nSPS) is 28.5. The van der Waals surface area contributed by atoms with Gasteiger partial charge in [-0.1, -0.05) is 0 Å². The fourth-order valence-corrected chi connectivity index (χ4v) is 1.95. The third-order valence-electron chi connectivity index (χ3n) is 2.71. The van der Waals surface area contributed by atoms with Crippen LogP contribution in [0.5, 0.6) is 0 Å². The number of aromatic amines is 1. The minimum Gasteiger partial charge on any atom is -0.384 e. The van der Waals surface area contributed by atoms with Gasteiger partial charge in [-0.3, -0.25) is 0 Å². The maximum Gasteiger partial charge on any atom is 0.103 e. The average molecular weight is 166 g/mol. The second-order valence-corrected chi connectivity index (χ2v) is 3.48. The molecule has 1 aromatic rings. The minimum absolute atomic E-state index is 0.317. The van der Waals surface area contributed by atoms with Crippen molar-refractivity contribution in [3.63, 3.8) is 0 Å². The number of H-pyrrole nitrogens is 1. The minimum atomic E-state index is -0.770. The van der Waals surface area contributed by atoms with Crippen molar-refractivity contribution in [2.75, 3.05) is 6.54 Å². The predicted molar refractivity (Wildman–Crippen MR) is 46.7 cm³/mol. The van der Waals surface area contributed by atoms with Crippen LogP contribution in [-0.4, -0.2) is 16.6 Å². The molecule has 3 nitrogen and oxygen atoms in total. The van der Waals surface area contributed by atoms with Gasteiger partial charge in [-0.15, -0.1) is 0 Å². The third-order valence-corrected chi connectivity index (χ3v) is 2.71. The molecule has 0 amide bonds. The van der Waals surface area contributed by atoms with Crippen molar-refractivity contribution < 1.29 is 5.11 Å². The van der Waals surface area contributed by atoms with E-state index in [2.05, 4.69) is 4.98 Å². The second kappa shape index (κ2) is 2.61. The van der Waals surface area contributed by atoms with Crippen molar-refractivity contribution in [2.24, 2.45) is 5.73 Å². The van der Waals surface area contributed by atoms with E-state index >= 15 is 0 Å². The first-order chi connectivity index (χ1) is 5.76. The molecule has 0 bridgehead atoms. The number of rotatable bonds is 1. The van der Waals surface area contributed by atoms with Crippen LogP contribution in [0, 0.1) is 0 Å². The predicted octanol–water partition coefficient (Wildman–Crippen LogP) is 0.497. The molecule has 1 aromatic heterocycles. The zero-order valence-electron chi connectivity index (χ0n) is 7.01. The van der Waals surface area contributed by atoms with E-state index in [4.69, 9.17) is 5.73 Å². The van der Waals surface area contributed by atoms with E-state index in [9.17, 15) is 5.11 Å². The molecule has 1 atom stereocenters. The smallest absolute Gasteiger partial charge is 0.103 e. The Morgan fingerprint density at radius 1 is 1.58 bits per heavy atom. The SMILES string of the molecule is NCC1(O)CCCc2c[nH]cc21. The van der Waals surface area contributed by atoms with Crippen LogP contribution < -0.4 is 5.73 Å². The van der Waals surface area contributed by atoms with Gasteiger partial charge in [0.1, 0.15) is 5.60 Å². The Kier molecular flexibility index (Phi) is 1.70. The highest BCUT2D eigenvalue weighted by atomic mass is 16.3. The summed E-state index contributed by atoms with van der Waals surface area (Å²) in [5, 5.41) is 10.1. The first-order valence-electron chi connectivity index (χ1n) is 4.35. The number of hydrogen-bond acceptors (Lipinski definition) is 2. The van der Waals surface area contributed by atoms with Gasteiger partial charge < -0.3 is 15.8 Å². The maximum absolute atomic E-state index is 10.1. The van der Waals surface area contributed by atoms with Crippen molar-refractivity contribution in [2.45, 2.75) is 24.9 Å². The molecule has 1 heterocycles. The van der Waals surface area contributed by atoms with E-state index in [1.807, 2.05) is 12.4 Å². The number of nitrogens with one attached hydrogen (secondary N) is 1. The fourth-order valence-electron chi connectivity index (χ4n) is 1.95. The van der Waals surface area contributed by atoms with Crippen LogP contribution in [-0.2, 0) is 12.0 Å². The van der Waals surface area contributed by atoms with Gasteiger partial charge in [0.2, 0.25) is 0 Å². The molecule has 0 saturated carbocycles. The average Bonchev–Trinajstić information content (AvgIpc) is 2.54. The van der Waals surface area contributed by atoms with E-state index in [1.165, 1.54) is 5.56 Å². The summed E-state index contributed by atoms with van der Waals surface area (Å²) in [6.45, 7) is 0.317. The van der Waals surface area contributed by atoms with Crippen LogP contribution in [0.1, 0.15) is 24.0 Å². The lowest BCUT2D eigenvalue weighted by molar-refractivity contribution is 0.0283. The largest absolute Gasteiger partial charge is 0.384 e. The van der Waals surface area contributed by atoms with Gasteiger partial charge >= 0.3 is 0 Å². The summed E-state index contributed by atoms with van der Waals surface area (Å²) in [5.74, 6) is 0. The standard InChI is InChI=1S/C9H14N2O/c10-6-9(12)3-1-2-7-4-11-5-8(7)9/h4-5,11-12H,1-3,6,10H2. The Hall–Kier alpha value is -0.800. The molecule has 4 N–H and O–H groups in total. The highest BCUT2D eigenvalue weighted by Gasteiger charge is 2.33. The summed E-state index contributed by atoms with van der Waals surface area (Å²) in [7, 11) is 0. The molecule has 1 aliphatic rings. The maximum atomic E-state index is 10.1. The number of aliphatic hydroxyl groups is 1. The lowest BCUT2D eigenvalue weighted by Crippen LogP contribution is -2.37. The molecule has 0 radical (unpaired) electrons. The van der Waals surface area contributed by atoms with Gasteiger partial charge in [-0.25, -0.2) is 0 Å². The first kappa shape index (κ1) is 7.83. The topological polar surface area (TPSA) is 62.0 Å². The third kappa shape index (κ3) is 0.974. The summed E-state index contributed by atoms with van der Waals surface area (Å²) < 4.78 is 0. The molecule has 3 heteroatoms. The summed E-state index contributed by atoms with van der Waals surface area (Å²) in [6, 6.07) is 0. The van der Waals surface area contributed by atoms with E-state index in [0.29, 0.717) is 6.54 Å². The van der Waals surface area contributed by atoms with Gasteiger partial charge in [0.25, 0.3) is 0 Å². The van der Waals surface area contributed by atoms with Crippen LogP contribution in [0.3, 0.4) is 0 Å². The van der Waals surface area contributed by atoms with E-state index in [-0.39, 0.29) is 0 Å². The van der Waals surface area contributed by atoms with Crippen molar-refractivity contribution in [1.82, 2.24) is 4.98 Å². The van der Waals surface area contributed by atoms with Crippen LogP contribution in [0.25, 0.3) is 0 Å². The van der Waals surface area contributed by atoms with Crippen LogP contribution >= 0.6 is 0 Å². The zero-order valence-corrected chi connectivity index (χ0v) is 7.01. The Balaban J connectivity index is 2.44. The summed E-state index contributed by atoms with van der Waals surface area (Å²) >= 11 is 0. The molecule has 0 saturated heterocycles. The number of fused-ring (bicyclic) bond motifs is 1. The number of aryl methyl sites for hydroxylation is 1. The fraction of sp³-hybridized carbons (Fsp3) is 0.556. The molecule has 0 aromatic carbocycles. The first-order valence-corrected chi connectivity index (χ1v) is 4.35. The molecular weight excluding hydrogens is 152 g/mol. The van der Waals surface area contributed by atoms with Crippen molar-refractivity contribution in [1.29, 1.82) is 0 Å². The van der Waals surface area contributed by atoms with Crippen molar-refractivity contribution >= 4 is 0 Å². The van der Waals surface area contributed by atoms with Crippen LogP contribution in [0.15, 0.2) is 12.4 Å². The van der Waals surface area contributed by atoms with Gasteiger partial charge in [-0.2, -0.15) is 0 Å². The molecule has 2 rings (SSSR count). The van der Waals surface area contributed by atoms with E-state index in [0.717, 1.165) is 24.8 Å². The monoisotopic (exact) mass is 166 g/mol. The molecule has 0 fully saturated rings. The summed E-state index contributed by atoms with van der Waals surface area (Å²) in [6.07, 6.45) is 6.69. The van der Waals surface area contributed by atoms with Gasteiger partial charge in [0.15, 0.2) is 0 Å². The van der Waals surface area contributed by atoms with Crippen LogP contribution in [0.2, 0.25) is 0 Å². The Bertz CT molecular complexity index is 282. The molecule has 66 valence electrons. The second-order valence-electron chi connectivity index (χ2n) is 3.48. The number of hydrogen-bond donors (Lipinski definition) is 3. The van der Waals surface area contributed by atoms with E-state index < -0.39 is 5.60 Å². The highest BCUT2D eigenvalue weighted by Crippen LogP contribution is 2.33. The number of nitrogens with two attached hydrogens (primary N) is 1.